The number of aromatic nitrogens is 3. The number of rotatable bonds is 3. The summed E-state index contributed by atoms with van der Waals surface area (Å²) in [7, 11) is 1.54. The summed E-state index contributed by atoms with van der Waals surface area (Å²) in [5.74, 6) is 0.678. The van der Waals surface area contributed by atoms with Gasteiger partial charge >= 0.3 is 0 Å². The van der Waals surface area contributed by atoms with E-state index in [1.807, 2.05) is 12.1 Å². The molecule has 0 saturated heterocycles. The van der Waals surface area contributed by atoms with E-state index in [2.05, 4.69) is 34.0 Å². The molecule has 1 heterocycles. The third kappa shape index (κ3) is 2.68. The predicted octanol–water partition coefficient (Wildman–Crippen LogP) is 2.77. The maximum atomic E-state index is 5.04. The van der Waals surface area contributed by atoms with E-state index in [0.29, 0.717) is 11.8 Å². The van der Waals surface area contributed by atoms with E-state index in [9.17, 15) is 0 Å². The zero-order valence-corrected chi connectivity index (χ0v) is 10.5. The van der Waals surface area contributed by atoms with Crippen LogP contribution in [-0.2, 0) is 6.42 Å². The molecule has 0 unspecified atom stereocenters. The summed E-state index contributed by atoms with van der Waals surface area (Å²) in [5, 5.41) is 0. The molecule has 4 nitrogen and oxygen atoms in total. The highest BCUT2D eigenvalue weighted by molar-refractivity contribution is 7.71. The van der Waals surface area contributed by atoms with Gasteiger partial charge in [-0.1, -0.05) is 25.1 Å². The number of H-pyrrole nitrogens is 1. The lowest BCUT2D eigenvalue weighted by Crippen LogP contribution is -1.98. The monoisotopic (exact) mass is 247 g/mol. The van der Waals surface area contributed by atoms with E-state index in [0.717, 1.165) is 12.0 Å². The SMILES string of the molecule is CCc1cccc(-c2nc(=S)nc(OC)[nH]2)c1. The fraction of sp³-hybridized carbons (Fsp3) is 0.250. The van der Waals surface area contributed by atoms with Gasteiger partial charge in [0.2, 0.25) is 4.77 Å². The fourth-order valence-corrected chi connectivity index (χ4v) is 1.71. The molecule has 0 fully saturated rings. The van der Waals surface area contributed by atoms with Crippen LogP contribution >= 0.6 is 12.2 Å². The van der Waals surface area contributed by atoms with Crippen LogP contribution in [0.25, 0.3) is 11.4 Å². The van der Waals surface area contributed by atoms with Crippen LogP contribution in [-0.4, -0.2) is 22.1 Å². The van der Waals surface area contributed by atoms with Crippen molar-refractivity contribution >= 4 is 12.2 Å². The second-order valence-electron chi connectivity index (χ2n) is 3.54. The van der Waals surface area contributed by atoms with Crippen molar-refractivity contribution in [3.05, 3.63) is 34.6 Å². The van der Waals surface area contributed by atoms with Crippen molar-refractivity contribution in [1.29, 1.82) is 0 Å². The van der Waals surface area contributed by atoms with Gasteiger partial charge in [-0.25, -0.2) is 4.98 Å². The average molecular weight is 247 g/mol. The molecule has 17 heavy (non-hydrogen) atoms. The van der Waals surface area contributed by atoms with E-state index < -0.39 is 0 Å². The minimum absolute atomic E-state index is 0.275. The van der Waals surface area contributed by atoms with Crippen molar-refractivity contribution in [2.24, 2.45) is 0 Å². The number of hydrogen-bond donors (Lipinski definition) is 1. The Hall–Kier alpha value is -1.75. The Morgan fingerprint density at radius 2 is 2.18 bits per heavy atom. The first-order chi connectivity index (χ1) is 8.22. The van der Waals surface area contributed by atoms with Crippen LogP contribution in [0.3, 0.4) is 0 Å². The predicted molar refractivity (Wildman–Crippen MR) is 68.6 cm³/mol. The largest absolute Gasteiger partial charge is 0.468 e. The summed E-state index contributed by atoms with van der Waals surface area (Å²) in [5.41, 5.74) is 2.23. The maximum Gasteiger partial charge on any atom is 0.297 e. The Labute approximate surface area is 105 Å². The standard InChI is InChI=1S/C12H13N3OS/c1-3-8-5-4-6-9(7-8)10-13-11(16-2)15-12(17)14-10/h4-7H,3H2,1-2H3,(H,13,14,15,17). The van der Waals surface area contributed by atoms with Crippen LogP contribution in [0.5, 0.6) is 6.01 Å². The lowest BCUT2D eigenvalue weighted by atomic mass is 10.1. The van der Waals surface area contributed by atoms with Gasteiger partial charge in [-0.05, 0) is 30.3 Å². The van der Waals surface area contributed by atoms with Crippen molar-refractivity contribution in [3.8, 4) is 17.4 Å². The molecular weight excluding hydrogens is 234 g/mol. The zero-order chi connectivity index (χ0) is 12.3. The number of hydrogen-bond acceptors (Lipinski definition) is 4. The summed E-state index contributed by atoms with van der Waals surface area (Å²) in [6, 6.07) is 8.51. The highest BCUT2D eigenvalue weighted by Crippen LogP contribution is 2.17. The minimum Gasteiger partial charge on any atom is -0.468 e. The number of ether oxygens (including phenoxy) is 1. The summed E-state index contributed by atoms with van der Waals surface area (Å²) < 4.78 is 5.32. The third-order valence-electron chi connectivity index (χ3n) is 2.43. The molecule has 88 valence electrons. The molecule has 1 N–H and O–H groups in total. The molecule has 0 amide bonds. The van der Waals surface area contributed by atoms with Crippen LogP contribution in [0.15, 0.2) is 24.3 Å². The summed E-state index contributed by atoms with van der Waals surface area (Å²) in [6.45, 7) is 2.11. The van der Waals surface area contributed by atoms with E-state index in [4.69, 9.17) is 17.0 Å². The Morgan fingerprint density at radius 3 is 2.88 bits per heavy atom. The van der Waals surface area contributed by atoms with E-state index in [-0.39, 0.29) is 4.77 Å². The van der Waals surface area contributed by atoms with Gasteiger partial charge < -0.3 is 4.74 Å². The Morgan fingerprint density at radius 1 is 1.35 bits per heavy atom. The highest BCUT2D eigenvalue weighted by atomic mass is 32.1. The molecule has 2 rings (SSSR count). The number of aryl methyl sites for hydroxylation is 1. The van der Waals surface area contributed by atoms with Gasteiger partial charge in [0.1, 0.15) is 5.82 Å². The van der Waals surface area contributed by atoms with Crippen molar-refractivity contribution in [2.45, 2.75) is 13.3 Å². The summed E-state index contributed by atoms with van der Waals surface area (Å²) in [6.07, 6.45) is 0.983. The molecule has 1 aromatic carbocycles. The van der Waals surface area contributed by atoms with Gasteiger partial charge in [0.15, 0.2) is 0 Å². The number of benzene rings is 1. The number of nitrogens with zero attached hydrogens (tertiary/aromatic N) is 2. The fourth-order valence-electron chi connectivity index (χ4n) is 1.54. The second kappa shape index (κ2) is 5.05. The van der Waals surface area contributed by atoms with Gasteiger partial charge in [0.05, 0.1) is 7.11 Å². The van der Waals surface area contributed by atoms with E-state index >= 15 is 0 Å². The summed E-state index contributed by atoms with van der Waals surface area (Å²) >= 11 is 4.99. The average Bonchev–Trinajstić information content (AvgIpc) is 2.38. The van der Waals surface area contributed by atoms with Crippen molar-refractivity contribution in [3.63, 3.8) is 0 Å². The molecule has 0 bridgehead atoms. The minimum atomic E-state index is 0.275. The lowest BCUT2D eigenvalue weighted by Gasteiger charge is -2.05. The lowest BCUT2D eigenvalue weighted by molar-refractivity contribution is 0.378. The first kappa shape index (κ1) is 11.7. The third-order valence-corrected chi connectivity index (χ3v) is 2.61. The van der Waals surface area contributed by atoms with Crippen molar-refractivity contribution < 1.29 is 4.74 Å². The Bertz CT molecular complexity index is 580. The molecular formula is C12H13N3OS. The van der Waals surface area contributed by atoms with Crippen LogP contribution in [0, 0.1) is 4.77 Å². The molecule has 0 spiro atoms. The van der Waals surface area contributed by atoms with E-state index in [1.165, 1.54) is 5.56 Å². The van der Waals surface area contributed by atoms with Gasteiger partial charge in [0, 0.05) is 5.56 Å². The molecule has 0 radical (unpaired) electrons. The zero-order valence-electron chi connectivity index (χ0n) is 9.73. The number of aromatic amines is 1. The van der Waals surface area contributed by atoms with Gasteiger partial charge in [-0.15, -0.1) is 0 Å². The normalized spacial score (nSPS) is 10.2. The quantitative estimate of drug-likeness (QED) is 0.847. The van der Waals surface area contributed by atoms with Gasteiger partial charge in [-0.3, -0.25) is 4.98 Å². The second-order valence-corrected chi connectivity index (χ2v) is 3.91. The first-order valence-electron chi connectivity index (χ1n) is 5.34. The molecule has 2 aromatic rings. The van der Waals surface area contributed by atoms with Crippen LogP contribution in [0.4, 0.5) is 0 Å². The topological polar surface area (TPSA) is 50.8 Å². The smallest absolute Gasteiger partial charge is 0.297 e. The molecule has 0 saturated carbocycles. The first-order valence-corrected chi connectivity index (χ1v) is 5.75. The number of nitrogens with one attached hydrogen (secondary N) is 1. The highest BCUT2D eigenvalue weighted by Gasteiger charge is 2.04. The number of methoxy groups -OCH3 is 1. The van der Waals surface area contributed by atoms with E-state index in [1.54, 1.807) is 7.11 Å². The van der Waals surface area contributed by atoms with Crippen LogP contribution in [0.2, 0.25) is 0 Å². The summed E-state index contributed by atoms with van der Waals surface area (Å²) in [4.78, 5) is 11.1. The molecule has 5 heteroatoms. The van der Waals surface area contributed by atoms with Gasteiger partial charge in [-0.2, -0.15) is 4.98 Å². The molecule has 0 aliphatic heterocycles. The Balaban J connectivity index is 2.51. The van der Waals surface area contributed by atoms with Crippen molar-refractivity contribution in [2.75, 3.05) is 7.11 Å². The maximum absolute atomic E-state index is 5.04. The molecule has 1 aromatic heterocycles. The molecule has 0 aliphatic rings. The van der Waals surface area contributed by atoms with Gasteiger partial charge in [0.25, 0.3) is 6.01 Å². The Kier molecular flexibility index (Phi) is 3.49. The van der Waals surface area contributed by atoms with Crippen LogP contribution in [0.1, 0.15) is 12.5 Å². The molecule has 0 aliphatic carbocycles. The van der Waals surface area contributed by atoms with Crippen LogP contribution < -0.4 is 4.74 Å². The van der Waals surface area contributed by atoms with Crippen molar-refractivity contribution in [1.82, 2.24) is 15.0 Å². The molecule has 0 atom stereocenters.